The maximum absolute atomic E-state index is 9.08. The Balaban J connectivity index is 2.45. The lowest BCUT2D eigenvalue weighted by atomic mass is 10.4. The van der Waals surface area contributed by atoms with Crippen LogP contribution >= 0.6 is 22.7 Å². The van der Waals surface area contributed by atoms with Crippen molar-refractivity contribution in [3.8, 4) is 14.8 Å². The third kappa shape index (κ3) is 1.29. The first-order valence-corrected chi connectivity index (χ1v) is 4.88. The van der Waals surface area contributed by atoms with Gasteiger partial charge in [-0.15, -0.1) is 11.3 Å². The Hall–Kier alpha value is -0.800. The van der Waals surface area contributed by atoms with E-state index >= 15 is 0 Å². The summed E-state index contributed by atoms with van der Waals surface area (Å²) in [6.07, 6.45) is 0. The van der Waals surface area contributed by atoms with Gasteiger partial charge in [0.15, 0.2) is 5.06 Å². The van der Waals surface area contributed by atoms with Crippen LogP contribution in [0.1, 0.15) is 0 Å². The summed E-state index contributed by atoms with van der Waals surface area (Å²) in [6.45, 7) is 0. The molecule has 2 heterocycles. The van der Waals surface area contributed by atoms with E-state index in [0.717, 1.165) is 4.88 Å². The maximum atomic E-state index is 9.08. The molecule has 0 aliphatic rings. The zero-order valence-electron chi connectivity index (χ0n) is 5.65. The Bertz CT molecular complexity index is 335. The zero-order valence-corrected chi connectivity index (χ0v) is 7.28. The summed E-state index contributed by atoms with van der Waals surface area (Å²) in [5.41, 5.74) is 0. The smallest absolute Gasteiger partial charge is 0.171 e. The predicted octanol–water partition coefficient (Wildman–Crippen LogP) is 3.18. The van der Waals surface area contributed by atoms with Crippen LogP contribution in [0.3, 0.4) is 0 Å². The summed E-state index contributed by atoms with van der Waals surface area (Å²) in [6, 6.07) is 7.72. The molecule has 0 spiro atoms. The molecule has 2 aromatic rings. The van der Waals surface area contributed by atoms with Crippen LogP contribution in [0.2, 0.25) is 0 Å². The predicted molar refractivity (Wildman–Crippen MR) is 49.3 cm³/mol. The minimum atomic E-state index is 0.383. The second kappa shape index (κ2) is 2.68. The van der Waals surface area contributed by atoms with E-state index < -0.39 is 0 Å². The van der Waals surface area contributed by atoms with E-state index in [9.17, 15) is 0 Å². The molecule has 0 unspecified atom stereocenters. The molecule has 0 radical (unpaired) electrons. The largest absolute Gasteiger partial charge is 0.499 e. The normalized spacial score (nSPS) is 10.2. The van der Waals surface area contributed by atoms with Gasteiger partial charge < -0.3 is 5.11 Å². The summed E-state index contributed by atoms with van der Waals surface area (Å²) in [4.78, 5) is 2.35. The van der Waals surface area contributed by atoms with Crippen LogP contribution in [-0.4, -0.2) is 5.11 Å². The Morgan fingerprint density at radius 2 is 2.00 bits per heavy atom. The first-order valence-electron chi connectivity index (χ1n) is 3.19. The van der Waals surface area contributed by atoms with Crippen molar-refractivity contribution in [1.82, 2.24) is 0 Å². The lowest BCUT2D eigenvalue weighted by Crippen LogP contribution is -1.55. The number of hydrogen-bond acceptors (Lipinski definition) is 3. The molecule has 0 aliphatic heterocycles. The lowest BCUT2D eigenvalue weighted by molar-refractivity contribution is 0.491. The summed E-state index contributed by atoms with van der Waals surface area (Å²) in [5.74, 6) is 0. The number of rotatable bonds is 1. The first-order chi connectivity index (χ1) is 5.36. The van der Waals surface area contributed by atoms with Crippen LogP contribution < -0.4 is 0 Å². The quantitative estimate of drug-likeness (QED) is 0.718. The molecular formula is C8H6OS2. The molecule has 0 bridgehead atoms. The fourth-order valence-electron chi connectivity index (χ4n) is 0.879. The van der Waals surface area contributed by atoms with Gasteiger partial charge in [0.1, 0.15) is 0 Å². The van der Waals surface area contributed by atoms with Gasteiger partial charge in [-0.25, -0.2) is 0 Å². The molecule has 0 saturated heterocycles. The molecule has 11 heavy (non-hydrogen) atoms. The van der Waals surface area contributed by atoms with Crippen LogP contribution in [0.5, 0.6) is 5.06 Å². The van der Waals surface area contributed by atoms with Crippen LogP contribution in [0.15, 0.2) is 29.6 Å². The Morgan fingerprint density at radius 1 is 1.09 bits per heavy atom. The third-order valence-corrected chi connectivity index (χ3v) is 3.31. The van der Waals surface area contributed by atoms with Crippen molar-refractivity contribution in [2.24, 2.45) is 0 Å². The SMILES string of the molecule is Oc1ccc(-c2cccs2)s1. The van der Waals surface area contributed by atoms with Gasteiger partial charge in [0.2, 0.25) is 0 Å². The molecule has 0 aromatic carbocycles. The fourth-order valence-corrected chi connectivity index (χ4v) is 2.46. The maximum Gasteiger partial charge on any atom is 0.171 e. The van der Waals surface area contributed by atoms with Crippen molar-refractivity contribution >= 4 is 22.7 Å². The van der Waals surface area contributed by atoms with Gasteiger partial charge >= 0.3 is 0 Å². The molecule has 56 valence electrons. The van der Waals surface area contributed by atoms with Crippen molar-refractivity contribution in [3.05, 3.63) is 29.6 Å². The van der Waals surface area contributed by atoms with E-state index in [1.54, 1.807) is 17.4 Å². The van der Waals surface area contributed by atoms with Crippen molar-refractivity contribution in [2.45, 2.75) is 0 Å². The van der Waals surface area contributed by atoms with Gasteiger partial charge in [0.05, 0.1) is 0 Å². The van der Waals surface area contributed by atoms with Gasteiger partial charge in [-0.05, 0) is 23.6 Å². The van der Waals surface area contributed by atoms with E-state index in [-0.39, 0.29) is 0 Å². The summed E-state index contributed by atoms with van der Waals surface area (Å²) < 4.78 is 0. The molecule has 3 heteroatoms. The average Bonchev–Trinajstić information content (AvgIpc) is 2.55. The van der Waals surface area contributed by atoms with Crippen LogP contribution in [-0.2, 0) is 0 Å². The molecule has 0 aliphatic carbocycles. The van der Waals surface area contributed by atoms with Crippen molar-refractivity contribution in [1.29, 1.82) is 0 Å². The highest BCUT2D eigenvalue weighted by molar-refractivity contribution is 7.22. The van der Waals surface area contributed by atoms with E-state index in [0.29, 0.717) is 5.06 Å². The lowest BCUT2D eigenvalue weighted by Gasteiger charge is -1.85. The highest BCUT2D eigenvalue weighted by Gasteiger charge is 2.00. The fraction of sp³-hybridized carbons (Fsp3) is 0. The van der Waals surface area contributed by atoms with Gasteiger partial charge in [0, 0.05) is 9.75 Å². The van der Waals surface area contributed by atoms with Gasteiger partial charge in [-0.1, -0.05) is 17.4 Å². The van der Waals surface area contributed by atoms with Crippen LogP contribution in [0.25, 0.3) is 9.75 Å². The van der Waals surface area contributed by atoms with Gasteiger partial charge in [-0.3, -0.25) is 0 Å². The van der Waals surface area contributed by atoms with E-state index in [2.05, 4.69) is 6.07 Å². The zero-order chi connectivity index (χ0) is 7.68. The summed E-state index contributed by atoms with van der Waals surface area (Å²) in [5, 5.41) is 11.5. The third-order valence-electron chi connectivity index (χ3n) is 1.36. The van der Waals surface area contributed by atoms with E-state index in [4.69, 9.17) is 5.11 Å². The molecule has 0 saturated carbocycles. The Labute approximate surface area is 72.6 Å². The molecule has 2 rings (SSSR count). The average molecular weight is 182 g/mol. The second-order valence-corrected chi connectivity index (χ2v) is 4.13. The van der Waals surface area contributed by atoms with Crippen molar-refractivity contribution in [3.63, 3.8) is 0 Å². The summed E-state index contributed by atoms with van der Waals surface area (Å²) in [7, 11) is 0. The minimum absolute atomic E-state index is 0.383. The monoisotopic (exact) mass is 182 g/mol. The number of hydrogen-bond donors (Lipinski definition) is 1. The Kier molecular flexibility index (Phi) is 1.68. The second-order valence-electron chi connectivity index (χ2n) is 2.12. The van der Waals surface area contributed by atoms with Gasteiger partial charge in [0.25, 0.3) is 0 Å². The van der Waals surface area contributed by atoms with Crippen LogP contribution in [0, 0.1) is 0 Å². The molecule has 0 fully saturated rings. The number of aromatic hydroxyl groups is 1. The topological polar surface area (TPSA) is 20.2 Å². The highest BCUT2D eigenvalue weighted by atomic mass is 32.1. The molecule has 0 atom stereocenters. The number of thiophene rings is 2. The Morgan fingerprint density at radius 3 is 2.55 bits per heavy atom. The highest BCUT2D eigenvalue weighted by Crippen LogP contribution is 2.34. The van der Waals surface area contributed by atoms with Crippen molar-refractivity contribution < 1.29 is 5.11 Å². The van der Waals surface area contributed by atoms with E-state index in [1.807, 2.05) is 17.5 Å². The van der Waals surface area contributed by atoms with E-state index in [1.165, 1.54) is 16.2 Å². The molecule has 0 amide bonds. The minimum Gasteiger partial charge on any atom is -0.499 e. The molecule has 2 aromatic heterocycles. The molecular weight excluding hydrogens is 176 g/mol. The first kappa shape index (κ1) is 6.88. The standard InChI is InChI=1S/C8H6OS2/c9-8-4-3-7(11-8)6-2-1-5-10-6/h1-5,9H. The molecule has 1 nitrogen and oxygen atoms in total. The van der Waals surface area contributed by atoms with Crippen molar-refractivity contribution in [2.75, 3.05) is 0 Å². The summed E-state index contributed by atoms with van der Waals surface area (Å²) >= 11 is 3.10. The molecule has 1 N–H and O–H groups in total. The van der Waals surface area contributed by atoms with Crippen LogP contribution in [0.4, 0.5) is 0 Å². The van der Waals surface area contributed by atoms with Gasteiger partial charge in [-0.2, -0.15) is 0 Å².